The number of benzene rings is 2. The van der Waals surface area contributed by atoms with Gasteiger partial charge in [0, 0.05) is 39.3 Å². The fourth-order valence-corrected chi connectivity index (χ4v) is 3.73. The Balaban J connectivity index is 0.00000300. The van der Waals surface area contributed by atoms with Gasteiger partial charge in [-0.05, 0) is 48.4 Å². The van der Waals surface area contributed by atoms with E-state index in [9.17, 15) is 4.79 Å². The lowest BCUT2D eigenvalue weighted by atomic mass is 9.90. The number of likely N-dealkylation sites (tertiary alicyclic amines) is 1. The molecule has 5 nitrogen and oxygen atoms in total. The molecule has 2 N–H and O–H groups in total. The number of rotatable bonds is 5. The van der Waals surface area contributed by atoms with Gasteiger partial charge in [-0.25, -0.2) is 0 Å². The lowest BCUT2D eigenvalue weighted by molar-refractivity contribution is 0.0963. The van der Waals surface area contributed by atoms with Gasteiger partial charge >= 0.3 is 0 Å². The van der Waals surface area contributed by atoms with Crippen LogP contribution in [0, 0.1) is 5.92 Å². The molecule has 6 heteroatoms. The predicted octanol–water partition coefficient (Wildman–Crippen LogP) is 3.69. The van der Waals surface area contributed by atoms with Crippen LogP contribution in [0.5, 0.6) is 0 Å². The minimum Gasteiger partial charge on any atom is -0.355 e. The van der Waals surface area contributed by atoms with E-state index in [1.165, 1.54) is 24.8 Å². The van der Waals surface area contributed by atoms with E-state index in [0.717, 1.165) is 30.5 Å². The third-order valence-corrected chi connectivity index (χ3v) is 5.39. The normalized spacial score (nSPS) is 14.8. The van der Waals surface area contributed by atoms with Gasteiger partial charge in [-0.1, -0.05) is 42.5 Å². The summed E-state index contributed by atoms with van der Waals surface area (Å²) < 4.78 is 0. The molecule has 0 aromatic heterocycles. The maximum absolute atomic E-state index is 11.6. The Hall–Kier alpha value is -2.09. The number of nitrogens with zero attached hydrogens (tertiary/aromatic N) is 2. The summed E-state index contributed by atoms with van der Waals surface area (Å²) in [7, 11) is 3.48. The Morgan fingerprint density at radius 3 is 2.28 bits per heavy atom. The first kappa shape index (κ1) is 23.2. The van der Waals surface area contributed by atoms with E-state index in [2.05, 4.69) is 50.9 Å². The van der Waals surface area contributed by atoms with E-state index in [4.69, 9.17) is 0 Å². The number of carbonyl (C=O) groups is 1. The van der Waals surface area contributed by atoms with Crippen LogP contribution < -0.4 is 10.6 Å². The zero-order chi connectivity index (χ0) is 19.8. The molecule has 2 aromatic rings. The van der Waals surface area contributed by atoms with E-state index >= 15 is 0 Å². The summed E-state index contributed by atoms with van der Waals surface area (Å²) in [5, 5.41) is 6.10. The number of nitrogens with one attached hydrogen (secondary N) is 2. The highest BCUT2D eigenvalue weighted by atomic mass is 127. The summed E-state index contributed by atoms with van der Waals surface area (Å²) >= 11 is 0. The van der Waals surface area contributed by atoms with Crippen LogP contribution >= 0.6 is 24.0 Å². The predicted molar refractivity (Wildman–Crippen MR) is 130 cm³/mol. The highest BCUT2D eigenvalue weighted by Crippen LogP contribution is 2.21. The highest BCUT2D eigenvalue weighted by molar-refractivity contribution is 14.0. The van der Waals surface area contributed by atoms with E-state index < -0.39 is 0 Å². The average molecular weight is 506 g/mol. The Morgan fingerprint density at radius 2 is 1.69 bits per heavy atom. The first-order valence-corrected chi connectivity index (χ1v) is 10.00. The molecule has 0 saturated carbocycles. The summed E-state index contributed by atoms with van der Waals surface area (Å²) in [6.07, 6.45) is 3.55. The third kappa shape index (κ3) is 6.73. The Kier molecular flexibility index (Phi) is 9.44. The van der Waals surface area contributed by atoms with Crippen LogP contribution in [0.25, 0.3) is 0 Å². The van der Waals surface area contributed by atoms with E-state index in [1.54, 1.807) is 7.05 Å². The van der Waals surface area contributed by atoms with Crippen LogP contribution in [-0.4, -0.2) is 44.0 Å². The quantitative estimate of drug-likeness (QED) is 0.370. The molecule has 0 bridgehead atoms. The SMILES string of the molecule is CN=C(NCc1ccc(C(=O)NC)cc1)N1CCC(Cc2ccccc2)CC1.I. The van der Waals surface area contributed by atoms with Crippen LogP contribution in [0.15, 0.2) is 59.6 Å². The lowest BCUT2D eigenvalue weighted by Crippen LogP contribution is -2.45. The molecule has 1 amide bonds. The number of hydrogen-bond acceptors (Lipinski definition) is 2. The number of carbonyl (C=O) groups excluding carboxylic acids is 1. The summed E-state index contributed by atoms with van der Waals surface area (Å²) in [6.45, 7) is 2.77. The number of amides is 1. The van der Waals surface area contributed by atoms with E-state index in [0.29, 0.717) is 12.1 Å². The first-order valence-electron chi connectivity index (χ1n) is 10.00. The Bertz CT molecular complexity index is 784. The van der Waals surface area contributed by atoms with Crippen molar-refractivity contribution in [1.82, 2.24) is 15.5 Å². The van der Waals surface area contributed by atoms with Crippen LogP contribution in [0.4, 0.5) is 0 Å². The summed E-state index contributed by atoms with van der Waals surface area (Å²) in [6, 6.07) is 18.4. The number of guanidine groups is 1. The monoisotopic (exact) mass is 506 g/mol. The van der Waals surface area contributed by atoms with Crippen molar-refractivity contribution in [2.24, 2.45) is 10.9 Å². The van der Waals surface area contributed by atoms with Gasteiger partial charge in [-0.15, -0.1) is 24.0 Å². The molecule has 1 heterocycles. The van der Waals surface area contributed by atoms with Gasteiger partial charge in [0.15, 0.2) is 5.96 Å². The number of hydrogen-bond donors (Lipinski definition) is 2. The van der Waals surface area contributed by atoms with Crippen molar-refractivity contribution in [3.8, 4) is 0 Å². The van der Waals surface area contributed by atoms with Crippen LogP contribution in [-0.2, 0) is 13.0 Å². The molecule has 1 aliphatic rings. The second-order valence-electron chi connectivity index (χ2n) is 7.30. The molecule has 0 spiro atoms. The molecule has 0 radical (unpaired) electrons. The minimum absolute atomic E-state index is 0. The Morgan fingerprint density at radius 1 is 1.03 bits per heavy atom. The summed E-state index contributed by atoms with van der Waals surface area (Å²) in [5.74, 6) is 1.64. The molecule has 1 aliphatic heterocycles. The van der Waals surface area contributed by atoms with Gasteiger partial charge in [0.2, 0.25) is 0 Å². The molecule has 0 aliphatic carbocycles. The van der Waals surface area contributed by atoms with Gasteiger partial charge in [-0.2, -0.15) is 0 Å². The fourth-order valence-electron chi connectivity index (χ4n) is 3.73. The number of piperidine rings is 1. The molecule has 2 aromatic carbocycles. The zero-order valence-electron chi connectivity index (χ0n) is 17.2. The second-order valence-corrected chi connectivity index (χ2v) is 7.30. The maximum Gasteiger partial charge on any atom is 0.251 e. The fraction of sp³-hybridized carbons (Fsp3) is 0.391. The zero-order valence-corrected chi connectivity index (χ0v) is 19.6. The number of aliphatic imine (C=N–C) groups is 1. The highest BCUT2D eigenvalue weighted by Gasteiger charge is 2.21. The van der Waals surface area contributed by atoms with Crippen LogP contribution in [0.2, 0.25) is 0 Å². The molecule has 1 saturated heterocycles. The van der Waals surface area contributed by atoms with Crippen molar-refractivity contribution in [2.75, 3.05) is 27.2 Å². The number of halogens is 1. The van der Waals surface area contributed by atoms with Gasteiger partial charge in [0.25, 0.3) is 5.91 Å². The maximum atomic E-state index is 11.6. The smallest absolute Gasteiger partial charge is 0.251 e. The van der Waals surface area contributed by atoms with Gasteiger partial charge in [-0.3, -0.25) is 9.79 Å². The summed E-state index contributed by atoms with van der Waals surface area (Å²) in [5.41, 5.74) is 3.24. The molecule has 29 heavy (non-hydrogen) atoms. The third-order valence-electron chi connectivity index (χ3n) is 5.39. The van der Waals surface area contributed by atoms with Crippen molar-refractivity contribution in [3.05, 3.63) is 71.3 Å². The molecule has 1 fully saturated rings. The first-order chi connectivity index (χ1) is 13.7. The topological polar surface area (TPSA) is 56.7 Å². The van der Waals surface area contributed by atoms with Crippen LogP contribution in [0.3, 0.4) is 0 Å². The standard InChI is InChI=1S/C23H30N4O.HI/c1-24-22(28)21-10-8-20(9-11-21)17-26-23(25-2)27-14-12-19(13-15-27)16-18-6-4-3-5-7-18;/h3-11,19H,12-17H2,1-2H3,(H,24,28)(H,25,26);1H. The molecular formula is C23H31IN4O. The van der Waals surface area contributed by atoms with Crippen LogP contribution in [0.1, 0.15) is 34.3 Å². The van der Waals surface area contributed by atoms with Gasteiger partial charge < -0.3 is 15.5 Å². The second kappa shape index (κ2) is 11.8. The molecule has 3 rings (SSSR count). The van der Waals surface area contributed by atoms with Gasteiger partial charge in [0.05, 0.1) is 0 Å². The van der Waals surface area contributed by atoms with Crippen molar-refractivity contribution < 1.29 is 4.79 Å². The molecule has 156 valence electrons. The average Bonchev–Trinajstić information content (AvgIpc) is 2.76. The lowest BCUT2D eigenvalue weighted by Gasteiger charge is -2.34. The largest absolute Gasteiger partial charge is 0.355 e. The van der Waals surface area contributed by atoms with E-state index in [-0.39, 0.29) is 29.9 Å². The minimum atomic E-state index is -0.0614. The molecule has 0 atom stereocenters. The van der Waals surface area contributed by atoms with E-state index in [1.807, 2.05) is 31.3 Å². The van der Waals surface area contributed by atoms with Gasteiger partial charge in [0.1, 0.15) is 0 Å². The van der Waals surface area contributed by atoms with Crippen molar-refractivity contribution in [2.45, 2.75) is 25.8 Å². The van der Waals surface area contributed by atoms with Crippen molar-refractivity contribution in [3.63, 3.8) is 0 Å². The molecular weight excluding hydrogens is 475 g/mol. The van der Waals surface area contributed by atoms with Crippen molar-refractivity contribution >= 4 is 35.8 Å². The van der Waals surface area contributed by atoms with Crippen molar-refractivity contribution in [1.29, 1.82) is 0 Å². The molecule has 0 unspecified atom stereocenters. The summed E-state index contributed by atoms with van der Waals surface area (Å²) in [4.78, 5) is 18.4. The Labute approximate surface area is 191 Å².